The molecular weight excluding hydrogens is 1250 g/mol. The topological polar surface area (TPSA) is 362 Å². The molecule has 0 spiro atoms. The lowest BCUT2D eigenvalue weighted by Crippen LogP contribution is -2.46. The molecule has 8 rings (SSSR count). The number of urea groups is 1. The molecule has 2 aliphatic heterocycles. The summed E-state index contributed by atoms with van der Waals surface area (Å²) in [5.74, 6) is -4.04. The van der Waals surface area contributed by atoms with Gasteiger partial charge in [0.05, 0.1) is 57.0 Å². The molecule has 0 radical (unpaired) electrons. The van der Waals surface area contributed by atoms with E-state index in [0.29, 0.717) is 39.2 Å². The second-order valence-electron chi connectivity index (χ2n) is 22.8. The normalized spacial score (nSPS) is 13.9. The van der Waals surface area contributed by atoms with Crippen LogP contribution in [0.3, 0.4) is 0 Å². The Morgan fingerprint density at radius 2 is 1.55 bits per heavy atom. The van der Waals surface area contributed by atoms with Gasteiger partial charge in [-0.15, -0.1) is 11.6 Å². The number of anilines is 3. The van der Waals surface area contributed by atoms with Gasteiger partial charge < -0.3 is 80.0 Å². The fourth-order valence-corrected chi connectivity index (χ4v) is 10.9. The number of alkyl carbamates (subject to hydrolysis) is 1. The number of aliphatic hydroxyl groups excluding tert-OH is 1. The number of fused-ring (bicyclic) bond motifs is 4. The Hall–Kier alpha value is -10.2. The highest BCUT2D eigenvalue weighted by Crippen LogP contribution is 2.47. The molecule has 2 aliphatic rings. The molecule has 0 bridgehead atoms. The van der Waals surface area contributed by atoms with Crippen LogP contribution in [0.15, 0.2) is 109 Å². The van der Waals surface area contributed by atoms with Gasteiger partial charge in [-0.3, -0.25) is 33.7 Å². The first-order valence-electron chi connectivity index (χ1n) is 30.7. The number of nitrogens with two attached hydrogens (primary N) is 1. The van der Waals surface area contributed by atoms with Gasteiger partial charge in [0.2, 0.25) is 5.91 Å². The SMILES string of the molecule is Cc1cccc2c(OC(=O)N(CCOCCO)CCN(C)C(=O)OCc3ccc(NC(=O)[C@H](CCCNC(N)=O)CC(=O)[C@@H](NC(=O)OCCOCCN4C(=O)C=CC4=O)C(C)C)cc3)cc3c(c12)[C@H](CCl)CN3C(=O)c1cn2cc(NC(=O)c3ccc(O)cc3)ccc2n1. The van der Waals surface area contributed by atoms with E-state index in [9.17, 15) is 58.2 Å². The maximum atomic E-state index is 14.6. The van der Waals surface area contributed by atoms with Gasteiger partial charge in [0.1, 0.15) is 36.1 Å². The molecular formula is C66H76ClN11O17. The summed E-state index contributed by atoms with van der Waals surface area (Å²) in [6.45, 7) is 4.93. The first-order valence-corrected chi connectivity index (χ1v) is 31.2. The number of nitrogens with one attached hydrogen (secondary N) is 4. The lowest BCUT2D eigenvalue weighted by atomic mass is 9.89. The van der Waals surface area contributed by atoms with E-state index in [4.69, 9.17) is 41.0 Å². The average Bonchev–Trinajstić information content (AvgIpc) is 1.45. The predicted octanol–water partition coefficient (Wildman–Crippen LogP) is 6.47. The first-order chi connectivity index (χ1) is 45.6. The number of aromatic hydroxyl groups is 1. The lowest BCUT2D eigenvalue weighted by molar-refractivity contribution is -0.137. The minimum absolute atomic E-state index is 0.00277. The van der Waals surface area contributed by atoms with E-state index < -0.39 is 77.5 Å². The molecule has 0 saturated carbocycles. The Bertz CT molecular complexity index is 3810. The molecule has 504 valence electrons. The minimum atomic E-state index is -1.04. The largest absolute Gasteiger partial charge is 0.508 e. The number of alkyl halides is 1. The quantitative estimate of drug-likeness (QED) is 0.0135. The number of benzene rings is 4. The van der Waals surface area contributed by atoms with Gasteiger partial charge >= 0.3 is 24.3 Å². The summed E-state index contributed by atoms with van der Waals surface area (Å²) in [5.41, 5.74) is 9.52. The molecule has 4 heterocycles. The number of primary amides is 1. The Labute approximate surface area is 551 Å². The number of ether oxygens (including phenoxy) is 5. The standard InChI is InChI=1S/C66H76ClN11O17/c1-40(2)59(73-64(88)93-32-31-92-29-26-77-55(82)20-21-56(77)83)52(81)33-44(8-6-22-69-63(68)87)61(85)70-46-14-10-42(11-15-46)39-94-65(89)74(4)23-24-75(25-28-91-30-27-79)66(90)95-53-34-51-58(57-41(3)7-5-9-49(53)57)45(35-67)36-78(51)62(86)50-38-76-37-47(16-19-54(76)72-50)71-60(84)43-12-17-48(80)18-13-43/h5,7,9-21,34,37-38,40,44-45,59,79-80H,6,8,22-33,35-36,39H2,1-4H3,(H,70,85)(H,71,84)(H,73,88)(H3,68,69,87)/t44-,45-,59+/m1/s1. The molecule has 28 nitrogen and oxygen atoms in total. The molecule has 95 heavy (non-hydrogen) atoms. The van der Waals surface area contributed by atoms with Crippen molar-refractivity contribution in [2.75, 3.05) is 107 Å². The zero-order valence-corrected chi connectivity index (χ0v) is 53.6. The Morgan fingerprint density at radius 1 is 0.821 bits per heavy atom. The zero-order valence-electron chi connectivity index (χ0n) is 52.9. The Morgan fingerprint density at radius 3 is 2.25 bits per heavy atom. The molecule has 0 aliphatic carbocycles. The van der Waals surface area contributed by atoms with E-state index in [0.717, 1.165) is 33.6 Å². The highest BCUT2D eigenvalue weighted by molar-refractivity contribution is 6.19. The van der Waals surface area contributed by atoms with Crippen LogP contribution in [0.1, 0.15) is 76.6 Å². The number of likely N-dealkylation sites (N-methyl/N-ethyl adjacent to an activating group) is 1. The number of ketones is 1. The first kappa shape index (κ1) is 70.7. The van der Waals surface area contributed by atoms with Crippen LogP contribution in [0.4, 0.5) is 36.2 Å². The van der Waals surface area contributed by atoms with Crippen molar-refractivity contribution >= 4 is 105 Å². The van der Waals surface area contributed by atoms with Crippen molar-refractivity contribution in [1.82, 2.24) is 34.7 Å². The molecule has 6 aromatic rings. The van der Waals surface area contributed by atoms with E-state index in [1.54, 1.807) is 78.0 Å². The van der Waals surface area contributed by atoms with Crippen molar-refractivity contribution in [3.8, 4) is 11.5 Å². The number of nitrogens with zero attached hydrogens (tertiary/aromatic N) is 6. The number of phenolic OH excluding ortho intramolecular Hbond substituents is 1. The highest BCUT2D eigenvalue weighted by Gasteiger charge is 2.38. The summed E-state index contributed by atoms with van der Waals surface area (Å²) in [5, 5.41) is 31.1. The number of aryl methyl sites for hydroxylation is 1. The van der Waals surface area contributed by atoms with Gasteiger partial charge in [0.15, 0.2) is 5.78 Å². The average molecular weight is 1330 g/mol. The van der Waals surface area contributed by atoms with Crippen LogP contribution in [0, 0.1) is 18.8 Å². The van der Waals surface area contributed by atoms with E-state index in [2.05, 4.69) is 26.3 Å². The van der Waals surface area contributed by atoms with Crippen LogP contribution in [-0.2, 0) is 44.7 Å². The van der Waals surface area contributed by atoms with Gasteiger partial charge in [-0.1, -0.05) is 44.2 Å². The van der Waals surface area contributed by atoms with Crippen molar-refractivity contribution in [3.05, 3.63) is 137 Å². The number of carbonyl (C=O) groups excluding carboxylic acids is 10. The predicted molar refractivity (Wildman–Crippen MR) is 348 cm³/mol. The number of aliphatic hydroxyl groups is 1. The summed E-state index contributed by atoms with van der Waals surface area (Å²) in [6.07, 6.45) is 3.21. The Kier molecular flexibility index (Phi) is 25.0. The number of amides is 10. The van der Waals surface area contributed by atoms with Gasteiger partial charge in [-0.2, -0.15) is 0 Å². The molecule has 0 unspecified atom stereocenters. The molecule has 2 aromatic heterocycles. The number of Topliss-reactive ketones (excluding diaryl/α,β-unsaturated/α-hetero) is 1. The van der Waals surface area contributed by atoms with Crippen molar-refractivity contribution in [2.24, 2.45) is 17.6 Å². The van der Waals surface area contributed by atoms with Gasteiger partial charge in [-0.05, 0) is 96.3 Å². The van der Waals surface area contributed by atoms with Crippen molar-refractivity contribution < 1.29 is 81.8 Å². The van der Waals surface area contributed by atoms with Crippen LogP contribution in [0.2, 0.25) is 0 Å². The highest BCUT2D eigenvalue weighted by atomic mass is 35.5. The van der Waals surface area contributed by atoms with Crippen molar-refractivity contribution in [1.29, 1.82) is 0 Å². The third-order valence-corrected chi connectivity index (χ3v) is 16.1. The summed E-state index contributed by atoms with van der Waals surface area (Å²) in [4.78, 5) is 140. The summed E-state index contributed by atoms with van der Waals surface area (Å²) in [6, 6.07) is 20.9. The zero-order chi connectivity index (χ0) is 68.3. The van der Waals surface area contributed by atoms with Gasteiger partial charge in [0.25, 0.3) is 23.6 Å². The van der Waals surface area contributed by atoms with Gasteiger partial charge in [0, 0.05) is 111 Å². The maximum Gasteiger partial charge on any atom is 0.415 e. The van der Waals surface area contributed by atoms with Crippen LogP contribution < -0.4 is 36.6 Å². The van der Waals surface area contributed by atoms with Gasteiger partial charge in [-0.25, -0.2) is 24.2 Å². The van der Waals surface area contributed by atoms with E-state index in [1.807, 2.05) is 25.1 Å². The number of hydrogen-bond acceptors (Lipinski definition) is 18. The van der Waals surface area contributed by atoms with Crippen LogP contribution in [0.5, 0.6) is 11.5 Å². The third kappa shape index (κ3) is 19.0. The van der Waals surface area contributed by atoms with Crippen molar-refractivity contribution in [2.45, 2.75) is 58.6 Å². The maximum absolute atomic E-state index is 14.6. The number of pyridine rings is 1. The van der Waals surface area contributed by atoms with Crippen LogP contribution >= 0.6 is 11.6 Å². The summed E-state index contributed by atoms with van der Waals surface area (Å²) in [7, 11) is 1.49. The molecule has 8 N–H and O–H groups in total. The number of aromatic nitrogens is 2. The van der Waals surface area contributed by atoms with Crippen LogP contribution in [0.25, 0.3) is 16.4 Å². The molecule has 10 amide bonds. The number of imidazole rings is 1. The molecule has 4 aromatic carbocycles. The lowest BCUT2D eigenvalue weighted by Gasteiger charge is -2.26. The van der Waals surface area contributed by atoms with E-state index in [-0.39, 0.29) is 134 Å². The third-order valence-electron chi connectivity index (χ3n) is 15.7. The number of carbonyl (C=O) groups is 10. The molecule has 29 heteroatoms. The summed E-state index contributed by atoms with van der Waals surface area (Å²) < 4.78 is 29.6. The molecule has 0 saturated heterocycles. The van der Waals surface area contributed by atoms with E-state index >= 15 is 0 Å². The minimum Gasteiger partial charge on any atom is -0.508 e. The second kappa shape index (κ2) is 33.6. The fourth-order valence-electron chi connectivity index (χ4n) is 10.7. The molecule has 0 fully saturated rings. The molecule has 3 atom stereocenters. The monoisotopic (exact) mass is 1330 g/mol. The number of hydrogen-bond donors (Lipinski definition) is 7. The fraction of sp³-hybridized carbons (Fsp3) is 0.379. The number of rotatable bonds is 32. The number of halogens is 1. The second-order valence-corrected chi connectivity index (χ2v) is 23.1. The summed E-state index contributed by atoms with van der Waals surface area (Å²) >= 11 is 6.65. The van der Waals surface area contributed by atoms with E-state index in [1.165, 1.54) is 41.1 Å². The Balaban J connectivity index is 0.868. The van der Waals surface area contributed by atoms with Crippen LogP contribution in [-0.4, -0.2) is 192 Å². The van der Waals surface area contributed by atoms with Crippen molar-refractivity contribution in [3.63, 3.8) is 0 Å². The number of imide groups is 1. The smallest absolute Gasteiger partial charge is 0.415 e. The number of phenols is 1.